The van der Waals surface area contributed by atoms with E-state index in [1.165, 1.54) is 51.4 Å². The molecular formula is C22H19F4N3O3. The smallest absolute Gasteiger partial charge is 0.418 e. The zero-order valence-electron chi connectivity index (χ0n) is 17.4. The number of nitrogens with zero attached hydrogens (tertiary/aromatic N) is 3. The number of para-hydroxylation sites is 1. The van der Waals surface area contributed by atoms with Gasteiger partial charge in [0.15, 0.2) is 17.3 Å². The average Bonchev–Trinajstić information content (AvgIpc) is 2.73. The molecule has 0 saturated heterocycles. The normalized spacial score (nSPS) is 11.3. The summed E-state index contributed by atoms with van der Waals surface area (Å²) in [6.45, 7) is 1.35. The molecule has 1 aromatic heterocycles. The third kappa shape index (κ3) is 4.63. The zero-order chi connectivity index (χ0) is 23.6. The van der Waals surface area contributed by atoms with Crippen molar-refractivity contribution in [1.82, 2.24) is 14.7 Å². The number of aryl methyl sites for hydroxylation is 1. The van der Waals surface area contributed by atoms with Gasteiger partial charge in [0.05, 0.1) is 18.4 Å². The van der Waals surface area contributed by atoms with Crippen molar-refractivity contribution in [2.45, 2.75) is 19.6 Å². The van der Waals surface area contributed by atoms with Gasteiger partial charge in [-0.25, -0.2) is 9.07 Å². The SMILES string of the molecule is COc1ccc(CN(C)C(=O)c2nn(-c3ccccc3C(F)(F)F)c(C)cc2=O)cc1F. The lowest BCUT2D eigenvalue weighted by atomic mass is 10.1. The Labute approximate surface area is 180 Å². The van der Waals surface area contributed by atoms with E-state index in [1.54, 1.807) is 6.07 Å². The van der Waals surface area contributed by atoms with E-state index in [9.17, 15) is 27.2 Å². The molecule has 0 bridgehead atoms. The van der Waals surface area contributed by atoms with E-state index in [0.29, 0.717) is 5.56 Å². The van der Waals surface area contributed by atoms with Gasteiger partial charge in [-0.15, -0.1) is 0 Å². The summed E-state index contributed by atoms with van der Waals surface area (Å²) in [6.07, 6.45) is -4.66. The Hall–Kier alpha value is -3.69. The Kier molecular flexibility index (Phi) is 6.33. The maximum atomic E-state index is 13.9. The fraction of sp³-hybridized carbons (Fsp3) is 0.227. The van der Waals surface area contributed by atoms with Crippen LogP contribution in [0.15, 0.2) is 53.3 Å². The summed E-state index contributed by atoms with van der Waals surface area (Å²) in [5.41, 5.74) is -2.01. The molecule has 1 amide bonds. The molecule has 0 N–H and O–H groups in total. The van der Waals surface area contributed by atoms with Crippen molar-refractivity contribution in [1.29, 1.82) is 0 Å². The Bertz CT molecular complexity index is 1220. The molecule has 0 aliphatic rings. The number of alkyl halides is 3. The molecule has 10 heteroatoms. The first-order valence-electron chi connectivity index (χ1n) is 9.38. The number of aromatic nitrogens is 2. The van der Waals surface area contributed by atoms with Crippen LogP contribution in [-0.2, 0) is 12.7 Å². The summed E-state index contributed by atoms with van der Waals surface area (Å²) < 4.78 is 60.0. The number of ether oxygens (including phenoxy) is 1. The van der Waals surface area contributed by atoms with E-state index in [1.807, 2.05) is 0 Å². The number of amides is 1. The standard InChI is InChI=1S/C22H19F4N3O3/c1-13-10-18(30)20(27-29(13)17-7-5-4-6-15(17)22(24,25)26)21(31)28(2)12-14-8-9-19(32-3)16(23)11-14/h4-11H,12H2,1-3H3. The minimum atomic E-state index is -4.66. The molecule has 1 heterocycles. The van der Waals surface area contributed by atoms with E-state index in [-0.39, 0.29) is 23.7 Å². The van der Waals surface area contributed by atoms with E-state index < -0.39 is 34.6 Å². The maximum Gasteiger partial charge on any atom is 0.418 e. The predicted octanol–water partition coefficient (Wildman–Crippen LogP) is 3.98. The Balaban J connectivity index is 1.98. The zero-order valence-corrected chi connectivity index (χ0v) is 17.4. The largest absolute Gasteiger partial charge is 0.494 e. The molecule has 168 valence electrons. The molecule has 0 aliphatic carbocycles. The molecular weight excluding hydrogens is 430 g/mol. The number of rotatable bonds is 5. The summed E-state index contributed by atoms with van der Waals surface area (Å²) in [6, 6.07) is 9.90. The van der Waals surface area contributed by atoms with Crippen LogP contribution < -0.4 is 10.2 Å². The van der Waals surface area contributed by atoms with Crippen molar-refractivity contribution in [3.05, 3.63) is 87.1 Å². The van der Waals surface area contributed by atoms with Gasteiger partial charge < -0.3 is 9.64 Å². The summed E-state index contributed by atoms with van der Waals surface area (Å²) in [5.74, 6) is -1.40. The van der Waals surface area contributed by atoms with Gasteiger partial charge in [-0.3, -0.25) is 9.59 Å². The molecule has 0 atom stereocenters. The van der Waals surface area contributed by atoms with Gasteiger partial charge >= 0.3 is 6.18 Å². The van der Waals surface area contributed by atoms with Crippen LogP contribution in [-0.4, -0.2) is 34.7 Å². The highest BCUT2D eigenvalue weighted by molar-refractivity contribution is 5.91. The van der Waals surface area contributed by atoms with Gasteiger partial charge in [-0.1, -0.05) is 18.2 Å². The van der Waals surface area contributed by atoms with Gasteiger partial charge in [0.2, 0.25) is 5.43 Å². The monoisotopic (exact) mass is 449 g/mol. The van der Waals surface area contributed by atoms with Crippen LogP contribution in [0.3, 0.4) is 0 Å². The minimum Gasteiger partial charge on any atom is -0.494 e. The van der Waals surface area contributed by atoms with Gasteiger partial charge in [-0.2, -0.15) is 18.3 Å². The van der Waals surface area contributed by atoms with Crippen LogP contribution >= 0.6 is 0 Å². The van der Waals surface area contributed by atoms with Crippen molar-refractivity contribution in [2.24, 2.45) is 0 Å². The maximum absolute atomic E-state index is 13.9. The van der Waals surface area contributed by atoms with E-state index in [0.717, 1.165) is 21.7 Å². The van der Waals surface area contributed by atoms with Crippen molar-refractivity contribution in [3.8, 4) is 11.4 Å². The number of halogens is 4. The fourth-order valence-corrected chi connectivity index (χ4v) is 3.17. The fourth-order valence-electron chi connectivity index (χ4n) is 3.17. The Morgan fingerprint density at radius 3 is 2.47 bits per heavy atom. The second-order valence-electron chi connectivity index (χ2n) is 7.06. The van der Waals surface area contributed by atoms with Gasteiger partial charge in [-0.05, 0) is 36.8 Å². The van der Waals surface area contributed by atoms with Crippen LogP contribution in [0.5, 0.6) is 5.75 Å². The summed E-state index contributed by atoms with van der Waals surface area (Å²) >= 11 is 0. The molecule has 6 nitrogen and oxygen atoms in total. The van der Waals surface area contributed by atoms with Crippen LogP contribution in [0.4, 0.5) is 17.6 Å². The molecule has 0 saturated carbocycles. The molecule has 0 fully saturated rings. The number of carbonyl (C=O) groups excluding carboxylic acids is 1. The Morgan fingerprint density at radius 1 is 1.16 bits per heavy atom. The molecule has 3 rings (SSSR count). The average molecular weight is 449 g/mol. The molecule has 0 radical (unpaired) electrons. The van der Waals surface area contributed by atoms with Gasteiger partial charge in [0.25, 0.3) is 5.91 Å². The first kappa shape index (κ1) is 23.0. The molecule has 0 aliphatic heterocycles. The molecule has 32 heavy (non-hydrogen) atoms. The van der Waals surface area contributed by atoms with Crippen molar-refractivity contribution >= 4 is 5.91 Å². The van der Waals surface area contributed by atoms with E-state index in [4.69, 9.17) is 4.74 Å². The van der Waals surface area contributed by atoms with Crippen molar-refractivity contribution in [3.63, 3.8) is 0 Å². The molecule has 0 spiro atoms. The lowest BCUT2D eigenvalue weighted by Gasteiger charge is -2.19. The van der Waals surface area contributed by atoms with E-state index >= 15 is 0 Å². The van der Waals surface area contributed by atoms with Gasteiger partial charge in [0, 0.05) is 25.4 Å². The van der Waals surface area contributed by atoms with Crippen LogP contribution in [0, 0.1) is 12.7 Å². The molecule has 2 aromatic carbocycles. The first-order chi connectivity index (χ1) is 15.0. The minimum absolute atomic E-state index is 0.0362. The quantitative estimate of drug-likeness (QED) is 0.553. The van der Waals surface area contributed by atoms with Crippen LogP contribution in [0.25, 0.3) is 5.69 Å². The van der Waals surface area contributed by atoms with Crippen LogP contribution in [0.2, 0.25) is 0 Å². The Morgan fingerprint density at radius 2 is 1.84 bits per heavy atom. The first-order valence-corrected chi connectivity index (χ1v) is 9.38. The predicted molar refractivity (Wildman–Crippen MR) is 108 cm³/mol. The second kappa shape index (κ2) is 8.81. The lowest BCUT2D eigenvalue weighted by molar-refractivity contribution is -0.137. The van der Waals surface area contributed by atoms with Crippen molar-refractivity contribution in [2.75, 3.05) is 14.2 Å². The highest BCUT2D eigenvalue weighted by Crippen LogP contribution is 2.33. The topological polar surface area (TPSA) is 64.4 Å². The third-order valence-corrected chi connectivity index (χ3v) is 4.73. The summed E-state index contributed by atoms with van der Waals surface area (Å²) in [4.78, 5) is 26.4. The van der Waals surface area contributed by atoms with Crippen molar-refractivity contribution < 1.29 is 27.1 Å². The number of benzene rings is 2. The lowest BCUT2D eigenvalue weighted by Crippen LogP contribution is -2.33. The number of hydrogen-bond donors (Lipinski definition) is 0. The van der Waals surface area contributed by atoms with Crippen LogP contribution in [0.1, 0.15) is 27.3 Å². The summed E-state index contributed by atoms with van der Waals surface area (Å²) in [5, 5.41) is 3.94. The highest BCUT2D eigenvalue weighted by atomic mass is 19.4. The number of hydrogen-bond acceptors (Lipinski definition) is 4. The second-order valence-corrected chi connectivity index (χ2v) is 7.06. The summed E-state index contributed by atoms with van der Waals surface area (Å²) in [7, 11) is 2.69. The van der Waals surface area contributed by atoms with E-state index in [2.05, 4.69) is 5.10 Å². The molecule has 0 unspecified atom stereocenters. The number of carbonyl (C=O) groups is 1. The molecule has 3 aromatic rings. The highest BCUT2D eigenvalue weighted by Gasteiger charge is 2.34. The number of methoxy groups -OCH3 is 1. The third-order valence-electron chi connectivity index (χ3n) is 4.73. The van der Waals surface area contributed by atoms with Gasteiger partial charge in [0.1, 0.15) is 0 Å².